The van der Waals surface area contributed by atoms with Gasteiger partial charge in [0.05, 0.1) is 0 Å². The van der Waals surface area contributed by atoms with Gasteiger partial charge in [0.1, 0.15) is 12.1 Å². The molecule has 7 nitrogen and oxygen atoms in total. The number of likely N-dealkylation sites (tertiary alicyclic amines) is 1. The Morgan fingerprint density at radius 1 is 1.22 bits per heavy atom. The van der Waals surface area contributed by atoms with Gasteiger partial charge in [0.25, 0.3) is 0 Å². The molecule has 2 aromatic heterocycles. The van der Waals surface area contributed by atoms with Gasteiger partial charge in [-0.2, -0.15) is 0 Å². The van der Waals surface area contributed by atoms with Crippen LogP contribution in [0.3, 0.4) is 0 Å². The quantitative estimate of drug-likeness (QED) is 0.826. The molecule has 0 amide bonds. The van der Waals surface area contributed by atoms with E-state index in [-0.39, 0.29) is 5.69 Å². The predicted molar refractivity (Wildman–Crippen MR) is 88.2 cm³/mol. The van der Waals surface area contributed by atoms with Crippen LogP contribution in [0.4, 0.5) is 5.82 Å². The fourth-order valence-corrected chi connectivity index (χ4v) is 3.04. The highest BCUT2D eigenvalue weighted by Crippen LogP contribution is 2.20. The second-order valence-corrected chi connectivity index (χ2v) is 5.96. The van der Waals surface area contributed by atoms with E-state index in [1.807, 2.05) is 12.1 Å². The van der Waals surface area contributed by atoms with Gasteiger partial charge in [-0.3, -0.25) is 9.47 Å². The smallest absolute Gasteiger partial charge is 0.347 e. The maximum atomic E-state index is 11.6. The molecule has 0 N–H and O–H groups in total. The highest BCUT2D eigenvalue weighted by atomic mass is 16.1. The van der Waals surface area contributed by atoms with E-state index in [2.05, 4.69) is 31.8 Å². The second-order valence-electron chi connectivity index (χ2n) is 5.96. The van der Waals surface area contributed by atoms with Gasteiger partial charge >= 0.3 is 5.69 Å². The molecule has 0 bridgehead atoms. The molecule has 0 radical (unpaired) electrons. The van der Waals surface area contributed by atoms with Crippen LogP contribution in [-0.4, -0.2) is 50.6 Å². The third kappa shape index (κ3) is 3.56. The summed E-state index contributed by atoms with van der Waals surface area (Å²) in [5.74, 6) is 0.968. The zero-order valence-corrected chi connectivity index (χ0v) is 13.6. The Kier molecular flexibility index (Phi) is 4.66. The van der Waals surface area contributed by atoms with E-state index < -0.39 is 0 Å². The summed E-state index contributed by atoms with van der Waals surface area (Å²) < 4.78 is 1.62. The number of anilines is 1. The third-order valence-electron chi connectivity index (χ3n) is 4.59. The van der Waals surface area contributed by atoms with Crippen LogP contribution >= 0.6 is 0 Å². The van der Waals surface area contributed by atoms with Gasteiger partial charge in [-0.05, 0) is 25.0 Å². The lowest BCUT2D eigenvalue weighted by Crippen LogP contribution is -2.44. The summed E-state index contributed by atoms with van der Waals surface area (Å²) in [4.78, 5) is 28.3. The van der Waals surface area contributed by atoms with Crippen molar-refractivity contribution < 1.29 is 0 Å². The van der Waals surface area contributed by atoms with Crippen molar-refractivity contribution in [3.8, 4) is 0 Å². The number of nitrogens with zero attached hydrogens (tertiary/aromatic N) is 6. The first-order valence-corrected chi connectivity index (χ1v) is 7.87. The van der Waals surface area contributed by atoms with E-state index in [4.69, 9.17) is 0 Å². The molecule has 122 valence electrons. The minimum atomic E-state index is -0.194. The van der Waals surface area contributed by atoms with Crippen LogP contribution < -0.4 is 10.6 Å². The Bertz CT molecular complexity index is 693. The summed E-state index contributed by atoms with van der Waals surface area (Å²) in [5.41, 5.74) is 0.813. The lowest BCUT2D eigenvalue weighted by molar-refractivity contribution is 0.198. The second kappa shape index (κ2) is 6.87. The van der Waals surface area contributed by atoms with E-state index in [1.54, 1.807) is 30.3 Å². The average Bonchev–Trinajstić information content (AvgIpc) is 2.60. The Balaban J connectivity index is 1.58. The number of hydrogen-bond acceptors (Lipinski definition) is 6. The summed E-state index contributed by atoms with van der Waals surface area (Å²) in [6, 6.07) is 4.35. The van der Waals surface area contributed by atoms with Gasteiger partial charge in [0.15, 0.2) is 0 Å². The molecular weight excluding hydrogens is 292 g/mol. The molecule has 1 aliphatic heterocycles. The average molecular weight is 314 g/mol. The fourth-order valence-electron chi connectivity index (χ4n) is 3.04. The molecule has 3 rings (SSSR count). The largest absolute Gasteiger partial charge is 0.356 e. The van der Waals surface area contributed by atoms with Gasteiger partial charge in [0, 0.05) is 57.9 Å². The van der Waals surface area contributed by atoms with E-state index in [9.17, 15) is 4.79 Å². The van der Waals surface area contributed by atoms with Crippen molar-refractivity contribution in [2.24, 2.45) is 7.05 Å². The first kappa shape index (κ1) is 15.6. The number of rotatable bonds is 4. The molecule has 0 unspecified atom stereocenters. The molecule has 1 fully saturated rings. The highest BCUT2D eigenvalue weighted by Gasteiger charge is 2.23. The minimum Gasteiger partial charge on any atom is -0.356 e. The van der Waals surface area contributed by atoms with Crippen LogP contribution in [0.2, 0.25) is 0 Å². The van der Waals surface area contributed by atoms with Crippen LogP contribution in [-0.2, 0) is 13.6 Å². The summed E-state index contributed by atoms with van der Waals surface area (Å²) in [7, 11) is 3.87. The zero-order valence-electron chi connectivity index (χ0n) is 13.6. The van der Waals surface area contributed by atoms with Crippen molar-refractivity contribution in [3.05, 3.63) is 47.0 Å². The lowest BCUT2D eigenvalue weighted by Gasteiger charge is -2.37. The van der Waals surface area contributed by atoms with E-state index >= 15 is 0 Å². The summed E-state index contributed by atoms with van der Waals surface area (Å²) >= 11 is 0. The van der Waals surface area contributed by atoms with Crippen molar-refractivity contribution >= 4 is 5.82 Å². The molecule has 23 heavy (non-hydrogen) atoms. The molecule has 0 aliphatic carbocycles. The van der Waals surface area contributed by atoms with Crippen LogP contribution in [0.25, 0.3) is 0 Å². The first-order valence-electron chi connectivity index (χ1n) is 7.87. The molecule has 1 saturated heterocycles. The Morgan fingerprint density at radius 2 is 2.00 bits per heavy atom. The number of piperidine rings is 1. The van der Waals surface area contributed by atoms with Crippen molar-refractivity contribution in [3.63, 3.8) is 0 Å². The molecule has 3 heterocycles. The van der Waals surface area contributed by atoms with Crippen molar-refractivity contribution in [2.45, 2.75) is 25.4 Å². The van der Waals surface area contributed by atoms with Gasteiger partial charge in [-0.25, -0.2) is 19.7 Å². The number of hydrogen-bond donors (Lipinski definition) is 0. The summed E-state index contributed by atoms with van der Waals surface area (Å²) in [5, 5.41) is 0. The molecule has 7 heteroatoms. The topological polar surface area (TPSA) is 67.2 Å². The van der Waals surface area contributed by atoms with Crippen LogP contribution in [0.5, 0.6) is 0 Å². The number of aromatic nitrogens is 4. The van der Waals surface area contributed by atoms with E-state index in [0.717, 1.165) is 44.0 Å². The van der Waals surface area contributed by atoms with Crippen molar-refractivity contribution in [1.82, 2.24) is 24.4 Å². The molecule has 0 atom stereocenters. The normalized spacial score (nSPS) is 16.4. The van der Waals surface area contributed by atoms with Crippen molar-refractivity contribution in [2.75, 3.05) is 25.0 Å². The zero-order chi connectivity index (χ0) is 16.2. The van der Waals surface area contributed by atoms with Crippen LogP contribution in [0.1, 0.15) is 18.5 Å². The van der Waals surface area contributed by atoms with Crippen molar-refractivity contribution in [1.29, 1.82) is 0 Å². The fraction of sp³-hybridized carbons (Fsp3) is 0.500. The van der Waals surface area contributed by atoms with Gasteiger partial charge in [-0.15, -0.1) is 0 Å². The third-order valence-corrected chi connectivity index (χ3v) is 4.59. The first-order chi connectivity index (χ1) is 11.1. The molecular formula is C16H22N6O. The maximum absolute atomic E-state index is 11.6. The molecule has 1 aliphatic rings. The Morgan fingerprint density at radius 3 is 2.70 bits per heavy atom. The van der Waals surface area contributed by atoms with Gasteiger partial charge in [0.2, 0.25) is 0 Å². The summed E-state index contributed by atoms with van der Waals surface area (Å²) in [6.45, 7) is 2.81. The predicted octanol–water partition coefficient (Wildman–Crippen LogP) is 0.671. The molecule has 2 aromatic rings. The highest BCUT2D eigenvalue weighted by molar-refractivity contribution is 5.36. The lowest BCUT2D eigenvalue weighted by atomic mass is 10.0. The van der Waals surface area contributed by atoms with Crippen LogP contribution in [0, 0.1) is 0 Å². The van der Waals surface area contributed by atoms with Crippen LogP contribution in [0.15, 0.2) is 35.6 Å². The summed E-state index contributed by atoms with van der Waals surface area (Å²) in [6.07, 6.45) is 7.12. The Labute approximate surface area is 135 Å². The molecule has 0 aromatic carbocycles. The maximum Gasteiger partial charge on any atom is 0.347 e. The standard InChI is InChI=1S/C16H22N6O/c1-20(15-4-7-17-12-19-15)13-5-9-22(10-6-13)11-14-3-8-18-16(23)21(14)2/h3-4,7-8,12-13H,5-6,9-11H2,1-2H3. The van der Waals surface area contributed by atoms with Gasteiger partial charge < -0.3 is 4.90 Å². The minimum absolute atomic E-state index is 0.194. The monoisotopic (exact) mass is 314 g/mol. The SMILES string of the molecule is CN(c1ccncn1)C1CCN(Cc2ccnc(=O)n2C)CC1. The molecule has 0 saturated carbocycles. The van der Waals surface area contributed by atoms with Gasteiger partial charge in [-0.1, -0.05) is 0 Å². The van der Waals surface area contributed by atoms with E-state index in [1.165, 1.54) is 0 Å². The Hall–Kier alpha value is -2.28. The van der Waals surface area contributed by atoms with E-state index in [0.29, 0.717) is 6.04 Å². The molecule has 0 spiro atoms.